The Morgan fingerprint density at radius 2 is 2.06 bits per heavy atom. The molecule has 1 rings (SSSR count). The van der Waals surface area contributed by atoms with Gasteiger partial charge in [-0.2, -0.15) is 13.2 Å². The lowest BCUT2D eigenvalue weighted by Crippen LogP contribution is -2.35. The van der Waals surface area contributed by atoms with Gasteiger partial charge in [0.25, 0.3) is 5.91 Å². The van der Waals surface area contributed by atoms with Crippen LogP contribution in [0.4, 0.5) is 13.2 Å². The molecule has 18 heavy (non-hydrogen) atoms. The van der Waals surface area contributed by atoms with Crippen molar-refractivity contribution in [1.82, 2.24) is 4.90 Å². The van der Waals surface area contributed by atoms with Crippen molar-refractivity contribution in [2.75, 3.05) is 13.6 Å². The van der Waals surface area contributed by atoms with Crippen molar-refractivity contribution in [2.45, 2.75) is 10.4 Å². The maximum atomic E-state index is 12.1. The normalized spacial score (nSPS) is 12.5. The summed E-state index contributed by atoms with van der Waals surface area (Å²) in [5, 5.41) is 5.97. The lowest BCUT2D eigenvalue weighted by Gasteiger charge is -2.18. The number of rotatable bonds is 3. The summed E-state index contributed by atoms with van der Waals surface area (Å²) >= 11 is 0.678. The fraction of sp³-hybridized carbons (Fsp3) is 0.375. The first-order valence-electron chi connectivity index (χ1n) is 4.44. The molecule has 0 aliphatic rings. The third-order valence-corrected chi connectivity index (χ3v) is 4.25. The van der Waals surface area contributed by atoms with Crippen molar-refractivity contribution in [3.05, 3.63) is 17.0 Å². The first-order chi connectivity index (χ1) is 8.00. The smallest absolute Gasteiger partial charge is 0.333 e. The zero-order valence-electron chi connectivity index (χ0n) is 9.06. The number of thiophene rings is 1. The maximum Gasteiger partial charge on any atom is 0.406 e. The first-order valence-corrected chi connectivity index (χ1v) is 6.87. The van der Waals surface area contributed by atoms with Crippen LogP contribution < -0.4 is 5.14 Å². The predicted octanol–water partition coefficient (Wildman–Crippen LogP) is 1.03. The van der Waals surface area contributed by atoms with Crippen molar-refractivity contribution in [3.63, 3.8) is 0 Å². The number of halogens is 3. The van der Waals surface area contributed by atoms with E-state index >= 15 is 0 Å². The number of amides is 1. The Hall–Kier alpha value is -1.13. The number of hydrogen-bond donors (Lipinski definition) is 1. The molecule has 0 bridgehead atoms. The average molecular weight is 302 g/mol. The van der Waals surface area contributed by atoms with E-state index in [2.05, 4.69) is 0 Å². The Kier molecular flexibility index (Phi) is 4.03. The minimum atomic E-state index is -4.51. The van der Waals surface area contributed by atoms with Crippen molar-refractivity contribution >= 4 is 27.3 Å². The van der Waals surface area contributed by atoms with Gasteiger partial charge in [-0.3, -0.25) is 4.79 Å². The van der Waals surface area contributed by atoms with Crippen LogP contribution in [0.3, 0.4) is 0 Å². The van der Waals surface area contributed by atoms with E-state index in [0.717, 1.165) is 18.5 Å². The number of nitrogens with zero attached hydrogens (tertiary/aromatic N) is 1. The maximum absolute atomic E-state index is 12.1. The third kappa shape index (κ3) is 3.96. The van der Waals surface area contributed by atoms with E-state index in [4.69, 9.17) is 5.14 Å². The second kappa shape index (κ2) is 4.86. The van der Waals surface area contributed by atoms with Crippen molar-refractivity contribution in [2.24, 2.45) is 5.14 Å². The largest absolute Gasteiger partial charge is 0.406 e. The summed E-state index contributed by atoms with van der Waals surface area (Å²) in [6, 6.07) is 0.954. The van der Waals surface area contributed by atoms with E-state index in [-0.39, 0.29) is 9.77 Å². The molecule has 2 N–H and O–H groups in total. The first kappa shape index (κ1) is 14.9. The minimum Gasteiger partial charge on any atom is -0.333 e. The monoisotopic (exact) mass is 302 g/mol. The number of nitrogens with two attached hydrogens (primary N) is 1. The summed E-state index contributed by atoms with van der Waals surface area (Å²) in [4.78, 5) is 12.0. The lowest BCUT2D eigenvalue weighted by molar-refractivity contribution is -0.138. The molecule has 1 heterocycles. The topological polar surface area (TPSA) is 80.5 Å². The fourth-order valence-corrected chi connectivity index (χ4v) is 2.72. The van der Waals surface area contributed by atoms with E-state index in [0.29, 0.717) is 16.2 Å². The average Bonchev–Trinajstić information content (AvgIpc) is 2.61. The van der Waals surface area contributed by atoms with Crippen molar-refractivity contribution < 1.29 is 26.4 Å². The van der Waals surface area contributed by atoms with Gasteiger partial charge in [0, 0.05) is 12.4 Å². The van der Waals surface area contributed by atoms with Crippen LogP contribution in [-0.4, -0.2) is 39.0 Å². The highest BCUT2D eigenvalue weighted by atomic mass is 32.2. The Labute approximate surface area is 105 Å². The molecule has 10 heteroatoms. The predicted molar refractivity (Wildman–Crippen MR) is 58.7 cm³/mol. The summed E-state index contributed by atoms with van der Waals surface area (Å²) in [5.41, 5.74) is -0.143. The van der Waals surface area contributed by atoms with Crippen LogP contribution in [0.2, 0.25) is 0 Å². The highest BCUT2D eigenvalue weighted by Crippen LogP contribution is 2.21. The molecule has 102 valence electrons. The molecule has 0 aliphatic carbocycles. The van der Waals surface area contributed by atoms with Gasteiger partial charge in [-0.25, -0.2) is 13.6 Å². The lowest BCUT2D eigenvalue weighted by atomic mass is 10.3. The van der Waals surface area contributed by atoms with Crippen LogP contribution in [0.5, 0.6) is 0 Å². The molecule has 0 aromatic carbocycles. The third-order valence-electron chi connectivity index (χ3n) is 1.87. The number of primary sulfonamides is 1. The Bertz CT molecular complexity index is 550. The molecule has 1 aromatic rings. The molecular weight excluding hydrogens is 293 g/mol. The zero-order chi connectivity index (χ0) is 14.1. The summed E-state index contributed by atoms with van der Waals surface area (Å²) in [6.45, 7) is -1.41. The van der Waals surface area contributed by atoms with Gasteiger partial charge in [-0.15, -0.1) is 11.3 Å². The molecule has 0 atom stereocenters. The molecule has 0 saturated carbocycles. The van der Waals surface area contributed by atoms with Gasteiger partial charge in [-0.1, -0.05) is 0 Å². The van der Waals surface area contributed by atoms with Gasteiger partial charge >= 0.3 is 6.18 Å². The number of sulfonamides is 1. The molecule has 0 spiro atoms. The number of carbonyl (C=O) groups is 1. The Morgan fingerprint density at radius 1 is 1.50 bits per heavy atom. The summed E-state index contributed by atoms with van der Waals surface area (Å²) in [6.07, 6.45) is -4.51. The minimum absolute atomic E-state index is 0.143. The highest BCUT2D eigenvalue weighted by molar-refractivity contribution is 7.91. The molecule has 0 saturated heterocycles. The van der Waals surface area contributed by atoms with Gasteiger partial charge in [0.2, 0.25) is 10.0 Å². The van der Waals surface area contributed by atoms with Crippen molar-refractivity contribution in [1.29, 1.82) is 0 Å². The van der Waals surface area contributed by atoms with Crippen LogP contribution in [-0.2, 0) is 10.0 Å². The van der Waals surface area contributed by atoms with Gasteiger partial charge in [0.1, 0.15) is 10.8 Å². The van der Waals surface area contributed by atoms with Crippen molar-refractivity contribution in [3.8, 4) is 0 Å². The van der Waals surface area contributed by atoms with Crippen LogP contribution in [0.25, 0.3) is 0 Å². The van der Waals surface area contributed by atoms with Crippen LogP contribution in [0, 0.1) is 0 Å². The van der Waals surface area contributed by atoms with E-state index in [1.54, 1.807) is 0 Å². The summed E-state index contributed by atoms with van der Waals surface area (Å²) in [5.74, 6) is -0.918. The standard InChI is InChI=1S/C8H9F3N2O3S2/c1-13(4-8(9,10)11)7(14)5-2-6(17-3-5)18(12,15)16/h2-3H,4H2,1H3,(H2,12,15,16). The molecular formula is C8H9F3N2O3S2. The number of carbonyl (C=O) groups excluding carboxylic acids is 1. The molecule has 5 nitrogen and oxygen atoms in total. The molecule has 1 aromatic heterocycles. The molecule has 1 amide bonds. The molecule has 0 unspecified atom stereocenters. The van der Waals surface area contributed by atoms with E-state index < -0.39 is 28.7 Å². The Balaban J connectivity index is 2.89. The van der Waals surface area contributed by atoms with E-state index in [9.17, 15) is 26.4 Å². The van der Waals surface area contributed by atoms with Gasteiger partial charge < -0.3 is 4.90 Å². The second-order valence-electron chi connectivity index (χ2n) is 3.48. The number of alkyl halides is 3. The quantitative estimate of drug-likeness (QED) is 0.905. The number of hydrogen-bond acceptors (Lipinski definition) is 4. The highest BCUT2D eigenvalue weighted by Gasteiger charge is 2.31. The molecule has 0 radical (unpaired) electrons. The Morgan fingerprint density at radius 3 is 2.44 bits per heavy atom. The van der Waals surface area contributed by atoms with Crippen LogP contribution in [0.1, 0.15) is 10.4 Å². The SMILES string of the molecule is CN(CC(F)(F)F)C(=O)c1csc(S(N)(=O)=O)c1. The van der Waals surface area contributed by atoms with Crippen LogP contribution >= 0.6 is 11.3 Å². The summed E-state index contributed by atoms with van der Waals surface area (Å²) in [7, 11) is -2.97. The molecule has 0 fully saturated rings. The van der Waals surface area contributed by atoms with E-state index in [1.807, 2.05) is 0 Å². The van der Waals surface area contributed by atoms with E-state index in [1.165, 1.54) is 0 Å². The second-order valence-corrected chi connectivity index (χ2v) is 6.18. The van der Waals surface area contributed by atoms with Crippen LogP contribution in [0.15, 0.2) is 15.7 Å². The summed E-state index contributed by atoms with van der Waals surface area (Å²) < 4.78 is 57.8. The molecule has 0 aliphatic heterocycles. The van der Waals surface area contributed by atoms with Gasteiger partial charge in [-0.05, 0) is 6.07 Å². The fourth-order valence-electron chi connectivity index (χ4n) is 1.14. The van der Waals surface area contributed by atoms with Gasteiger partial charge in [0.15, 0.2) is 0 Å². The van der Waals surface area contributed by atoms with Gasteiger partial charge in [0.05, 0.1) is 5.56 Å². The zero-order valence-corrected chi connectivity index (χ0v) is 10.7.